The monoisotopic (exact) mass is 271 g/mol. The molecule has 0 aromatic rings. The molecule has 1 aliphatic carbocycles. The maximum atomic E-state index is 4.67. The van der Waals surface area contributed by atoms with Crippen LogP contribution >= 0.6 is 0 Å². The lowest BCUT2D eigenvalue weighted by molar-refractivity contribution is 0.761. The zero-order chi connectivity index (χ0) is 14.4. The average Bonchev–Trinajstić information content (AvgIpc) is 3.00. The van der Waals surface area contributed by atoms with Crippen LogP contribution in [0.1, 0.15) is 78.6 Å². The summed E-state index contributed by atoms with van der Waals surface area (Å²) in [5, 5.41) is 0. The normalized spacial score (nSPS) is 17.2. The molecule has 20 heavy (non-hydrogen) atoms. The summed E-state index contributed by atoms with van der Waals surface area (Å²) in [4.78, 5) is 4.67. The molecule has 0 aromatic heterocycles. The summed E-state index contributed by atoms with van der Waals surface area (Å²) in [5.74, 6) is 0. The summed E-state index contributed by atoms with van der Waals surface area (Å²) < 4.78 is 0. The number of allylic oxidation sites excluding steroid dienone is 4. The molecule has 0 saturated heterocycles. The van der Waals surface area contributed by atoms with Crippen molar-refractivity contribution >= 4 is 6.21 Å². The van der Waals surface area contributed by atoms with E-state index in [1.165, 1.54) is 74.6 Å². The second-order valence-corrected chi connectivity index (χ2v) is 6.00. The number of fused-ring (bicyclic) bond motifs is 1. The van der Waals surface area contributed by atoms with Gasteiger partial charge in [0.25, 0.3) is 0 Å². The Morgan fingerprint density at radius 3 is 2.05 bits per heavy atom. The van der Waals surface area contributed by atoms with E-state index in [2.05, 4.69) is 38.1 Å². The predicted octanol–water partition coefficient (Wildman–Crippen LogP) is 6.13. The summed E-state index contributed by atoms with van der Waals surface area (Å²) in [6.07, 6.45) is 15.9. The number of unbranched alkanes of at least 4 members (excludes halogenated alkanes) is 3. The van der Waals surface area contributed by atoms with E-state index in [0.29, 0.717) is 0 Å². The van der Waals surface area contributed by atoms with E-state index >= 15 is 0 Å². The molecule has 0 atom stereocenters. The smallest absolute Gasteiger partial charge is 0.0711 e. The molecule has 0 spiro atoms. The lowest BCUT2D eigenvalue weighted by Crippen LogP contribution is -1.95. The van der Waals surface area contributed by atoms with Gasteiger partial charge in [0, 0.05) is 11.8 Å². The van der Waals surface area contributed by atoms with Gasteiger partial charge in [0.1, 0.15) is 0 Å². The number of rotatable bonds is 9. The minimum Gasteiger partial charge on any atom is -0.256 e. The van der Waals surface area contributed by atoms with Crippen molar-refractivity contribution in [1.82, 2.24) is 0 Å². The fourth-order valence-corrected chi connectivity index (χ4v) is 3.10. The van der Waals surface area contributed by atoms with Gasteiger partial charge in [-0.05, 0) is 61.3 Å². The van der Waals surface area contributed by atoms with Gasteiger partial charge in [-0.1, -0.05) is 40.0 Å². The standard InChI is InChI=1S/C19H29N/c1-4-7-10-15-13-18-19(17(15)12-9-6-3)16(14-20-18)11-8-5-2/h13-14H,4-12H2,1-3H3. The molecule has 0 bridgehead atoms. The van der Waals surface area contributed by atoms with Crippen LogP contribution in [0.25, 0.3) is 0 Å². The number of hydrogen-bond acceptors (Lipinski definition) is 1. The van der Waals surface area contributed by atoms with Crippen molar-refractivity contribution in [1.29, 1.82) is 0 Å². The second kappa shape index (κ2) is 7.61. The van der Waals surface area contributed by atoms with Crippen LogP contribution in [0.4, 0.5) is 0 Å². The molecule has 1 heterocycles. The van der Waals surface area contributed by atoms with Gasteiger partial charge < -0.3 is 0 Å². The molecule has 0 aromatic carbocycles. The van der Waals surface area contributed by atoms with Gasteiger partial charge in [0.05, 0.1) is 5.70 Å². The Balaban J connectivity index is 2.22. The van der Waals surface area contributed by atoms with Crippen LogP contribution in [0.5, 0.6) is 0 Å². The molecule has 0 radical (unpaired) electrons. The van der Waals surface area contributed by atoms with Crippen LogP contribution < -0.4 is 0 Å². The van der Waals surface area contributed by atoms with E-state index in [-0.39, 0.29) is 0 Å². The van der Waals surface area contributed by atoms with Crippen molar-refractivity contribution in [3.05, 3.63) is 34.1 Å². The first-order valence-corrected chi connectivity index (χ1v) is 8.53. The van der Waals surface area contributed by atoms with Crippen molar-refractivity contribution in [3.8, 4) is 0 Å². The fourth-order valence-electron chi connectivity index (χ4n) is 3.10. The third-order valence-electron chi connectivity index (χ3n) is 4.32. The minimum atomic E-state index is 1.20. The summed E-state index contributed by atoms with van der Waals surface area (Å²) in [5.41, 5.74) is 7.47. The van der Waals surface area contributed by atoms with E-state index in [9.17, 15) is 0 Å². The van der Waals surface area contributed by atoms with Crippen molar-refractivity contribution in [2.75, 3.05) is 0 Å². The molecular formula is C19H29N. The highest BCUT2D eigenvalue weighted by Crippen LogP contribution is 2.42. The van der Waals surface area contributed by atoms with Gasteiger partial charge in [-0.3, -0.25) is 4.99 Å². The summed E-state index contributed by atoms with van der Waals surface area (Å²) in [7, 11) is 0. The molecule has 0 amide bonds. The predicted molar refractivity (Wildman–Crippen MR) is 89.2 cm³/mol. The number of aliphatic imine (C=N–C) groups is 1. The average molecular weight is 271 g/mol. The SMILES string of the molecule is CCCCC1=C(CCCC)C2=C(CCCC)C=NC2=C1. The molecule has 1 aliphatic heterocycles. The lowest BCUT2D eigenvalue weighted by Gasteiger charge is -2.11. The van der Waals surface area contributed by atoms with Crippen LogP contribution in [0.15, 0.2) is 39.1 Å². The molecular weight excluding hydrogens is 242 g/mol. The maximum absolute atomic E-state index is 4.67. The molecule has 0 unspecified atom stereocenters. The van der Waals surface area contributed by atoms with Gasteiger partial charge in [0.2, 0.25) is 0 Å². The largest absolute Gasteiger partial charge is 0.256 e. The van der Waals surface area contributed by atoms with Gasteiger partial charge in [-0.25, -0.2) is 0 Å². The van der Waals surface area contributed by atoms with Crippen molar-refractivity contribution in [3.63, 3.8) is 0 Å². The zero-order valence-corrected chi connectivity index (χ0v) is 13.5. The maximum Gasteiger partial charge on any atom is 0.0711 e. The molecule has 1 heteroatoms. The first-order chi connectivity index (χ1) is 9.81. The first kappa shape index (κ1) is 15.3. The van der Waals surface area contributed by atoms with E-state index in [4.69, 9.17) is 0 Å². The molecule has 110 valence electrons. The van der Waals surface area contributed by atoms with E-state index < -0.39 is 0 Å². The van der Waals surface area contributed by atoms with E-state index in [0.717, 1.165) is 0 Å². The Hall–Kier alpha value is -1.11. The highest BCUT2D eigenvalue weighted by Gasteiger charge is 2.26. The number of hydrogen-bond donors (Lipinski definition) is 0. The van der Waals surface area contributed by atoms with Crippen LogP contribution in [0.3, 0.4) is 0 Å². The van der Waals surface area contributed by atoms with E-state index in [1.54, 1.807) is 11.1 Å². The highest BCUT2D eigenvalue weighted by atomic mass is 14.8. The van der Waals surface area contributed by atoms with Crippen LogP contribution in [0, 0.1) is 0 Å². The Bertz CT molecular complexity index is 460. The van der Waals surface area contributed by atoms with Gasteiger partial charge in [-0.15, -0.1) is 0 Å². The third-order valence-corrected chi connectivity index (χ3v) is 4.32. The molecule has 2 rings (SSSR count). The first-order valence-electron chi connectivity index (χ1n) is 8.53. The third kappa shape index (κ3) is 3.31. The zero-order valence-electron chi connectivity index (χ0n) is 13.5. The van der Waals surface area contributed by atoms with Gasteiger partial charge in [0.15, 0.2) is 0 Å². The van der Waals surface area contributed by atoms with Crippen LogP contribution in [-0.4, -0.2) is 6.21 Å². The van der Waals surface area contributed by atoms with Crippen molar-refractivity contribution in [2.45, 2.75) is 78.6 Å². The van der Waals surface area contributed by atoms with Crippen molar-refractivity contribution in [2.24, 2.45) is 4.99 Å². The Morgan fingerprint density at radius 1 is 0.800 bits per heavy atom. The van der Waals surface area contributed by atoms with E-state index in [1.807, 2.05) is 0 Å². The Labute approximate surface area is 124 Å². The molecule has 1 nitrogen and oxygen atoms in total. The highest BCUT2D eigenvalue weighted by molar-refractivity contribution is 5.90. The quantitative estimate of drug-likeness (QED) is 0.478. The second-order valence-electron chi connectivity index (χ2n) is 6.00. The molecule has 0 fully saturated rings. The summed E-state index contributed by atoms with van der Waals surface area (Å²) in [6.45, 7) is 6.83. The summed E-state index contributed by atoms with van der Waals surface area (Å²) >= 11 is 0. The minimum absolute atomic E-state index is 1.20. The summed E-state index contributed by atoms with van der Waals surface area (Å²) in [6, 6.07) is 0. The van der Waals surface area contributed by atoms with Gasteiger partial charge in [-0.2, -0.15) is 0 Å². The molecule has 2 aliphatic rings. The fraction of sp³-hybridized carbons (Fsp3) is 0.632. The number of nitrogens with zero attached hydrogens (tertiary/aromatic N) is 1. The van der Waals surface area contributed by atoms with Gasteiger partial charge >= 0.3 is 0 Å². The van der Waals surface area contributed by atoms with Crippen LogP contribution in [0.2, 0.25) is 0 Å². The van der Waals surface area contributed by atoms with Crippen molar-refractivity contribution < 1.29 is 0 Å². The van der Waals surface area contributed by atoms with Crippen LogP contribution in [-0.2, 0) is 0 Å². The Morgan fingerprint density at radius 2 is 1.40 bits per heavy atom. The lowest BCUT2D eigenvalue weighted by atomic mass is 9.93. The molecule has 0 saturated carbocycles. The Kier molecular flexibility index (Phi) is 5.82. The topological polar surface area (TPSA) is 12.4 Å². The molecule has 0 N–H and O–H groups in total.